The third-order valence-corrected chi connectivity index (χ3v) is 11.0. The summed E-state index contributed by atoms with van der Waals surface area (Å²) in [4.78, 5) is 0. The minimum absolute atomic E-state index is 0.115. The molecule has 4 aliphatic carbocycles. The molecule has 2 fully saturated rings. The first-order valence-corrected chi connectivity index (χ1v) is 13.2. The molecule has 0 aromatic carbocycles. The topological polar surface area (TPSA) is 40.5 Å². The third-order valence-electron chi connectivity index (χ3n) is 11.0. The van der Waals surface area contributed by atoms with E-state index in [1.54, 1.807) is 5.57 Å². The van der Waals surface area contributed by atoms with Gasteiger partial charge < -0.3 is 10.2 Å². The van der Waals surface area contributed by atoms with E-state index in [9.17, 15) is 10.2 Å². The van der Waals surface area contributed by atoms with E-state index in [1.165, 1.54) is 50.5 Å². The smallest absolute Gasteiger partial charge is 0.0619 e. The summed E-state index contributed by atoms with van der Waals surface area (Å²) in [7, 11) is 0. The fraction of sp³-hybridized carbons (Fsp3) is 0.862. The molecule has 0 aliphatic heterocycles. The Kier molecular flexibility index (Phi) is 6.32. The Morgan fingerprint density at radius 3 is 2.48 bits per heavy atom. The summed E-state index contributed by atoms with van der Waals surface area (Å²) in [6.07, 6.45) is 14.3. The van der Waals surface area contributed by atoms with Crippen molar-refractivity contribution in [3.8, 4) is 0 Å². The molecule has 2 nitrogen and oxygen atoms in total. The van der Waals surface area contributed by atoms with Crippen molar-refractivity contribution in [2.24, 2.45) is 39.9 Å². The van der Waals surface area contributed by atoms with E-state index >= 15 is 0 Å². The molecule has 176 valence electrons. The van der Waals surface area contributed by atoms with Crippen LogP contribution in [0.25, 0.3) is 0 Å². The van der Waals surface area contributed by atoms with Gasteiger partial charge in [-0.05, 0) is 113 Å². The first-order valence-electron chi connectivity index (χ1n) is 13.2. The minimum Gasteiger partial charge on any atom is -0.396 e. The van der Waals surface area contributed by atoms with Gasteiger partial charge in [-0.1, -0.05) is 50.5 Å². The van der Waals surface area contributed by atoms with Gasteiger partial charge in [-0.2, -0.15) is 0 Å². The van der Waals surface area contributed by atoms with Gasteiger partial charge in [0.15, 0.2) is 0 Å². The molecule has 2 saturated carbocycles. The van der Waals surface area contributed by atoms with Crippen LogP contribution in [0.1, 0.15) is 106 Å². The average Bonchev–Trinajstić information content (AvgIpc) is 3.08. The fourth-order valence-corrected chi connectivity index (χ4v) is 9.13. The molecular formula is C29H48O2. The molecule has 0 radical (unpaired) electrons. The van der Waals surface area contributed by atoms with Crippen molar-refractivity contribution >= 4 is 0 Å². The highest BCUT2D eigenvalue weighted by molar-refractivity contribution is 5.35. The molecule has 4 rings (SSSR count). The molecule has 0 bridgehead atoms. The lowest BCUT2D eigenvalue weighted by Crippen LogP contribution is -2.56. The van der Waals surface area contributed by atoms with Crippen molar-refractivity contribution in [1.29, 1.82) is 0 Å². The first kappa shape index (κ1) is 23.6. The lowest BCUT2D eigenvalue weighted by Gasteiger charge is -2.60. The highest BCUT2D eigenvalue weighted by Crippen LogP contribution is 2.68. The maximum absolute atomic E-state index is 10.8. The molecule has 0 unspecified atom stereocenters. The Morgan fingerprint density at radius 1 is 1.06 bits per heavy atom. The molecule has 31 heavy (non-hydrogen) atoms. The maximum atomic E-state index is 10.8. The van der Waals surface area contributed by atoms with Crippen LogP contribution in [0.2, 0.25) is 0 Å². The van der Waals surface area contributed by atoms with Gasteiger partial charge in [-0.3, -0.25) is 0 Å². The van der Waals surface area contributed by atoms with E-state index in [0.717, 1.165) is 37.0 Å². The van der Waals surface area contributed by atoms with Crippen LogP contribution in [0, 0.1) is 39.9 Å². The Morgan fingerprint density at radius 2 is 1.81 bits per heavy atom. The van der Waals surface area contributed by atoms with E-state index in [0.29, 0.717) is 11.3 Å². The van der Waals surface area contributed by atoms with Crippen molar-refractivity contribution in [3.05, 3.63) is 22.8 Å². The molecule has 0 saturated heterocycles. The molecule has 8 atom stereocenters. The summed E-state index contributed by atoms with van der Waals surface area (Å²) in [5.74, 6) is 2.86. The van der Waals surface area contributed by atoms with Gasteiger partial charge >= 0.3 is 0 Å². The van der Waals surface area contributed by atoms with Gasteiger partial charge in [-0.25, -0.2) is 0 Å². The highest BCUT2D eigenvalue weighted by atomic mass is 16.3. The van der Waals surface area contributed by atoms with E-state index in [2.05, 4.69) is 47.6 Å². The number of hydrogen-bond acceptors (Lipinski definition) is 2. The third kappa shape index (κ3) is 3.59. The molecule has 0 amide bonds. The van der Waals surface area contributed by atoms with Crippen LogP contribution in [0.3, 0.4) is 0 Å². The van der Waals surface area contributed by atoms with Crippen molar-refractivity contribution in [3.63, 3.8) is 0 Å². The van der Waals surface area contributed by atoms with E-state index in [-0.39, 0.29) is 23.5 Å². The molecule has 2 N–H and O–H groups in total. The average molecular weight is 429 g/mol. The van der Waals surface area contributed by atoms with Crippen molar-refractivity contribution in [2.45, 2.75) is 112 Å². The van der Waals surface area contributed by atoms with Gasteiger partial charge in [-0.15, -0.1) is 0 Å². The van der Waals surface area contributed by atoms with Crippen molar-refractivity contribution in [1.82, 2.24) is 0 Å². The molecule has 4 aliphatic rings. The number of aliphatic hydroxyl groups excluding tert-OH is 2. The van der Waals surface area contributed by atoms with Crippen molar-refractivity contribution in [2.75, 3.05) is 6.61 Å². The highest BCUT2D eigenvalue weighted by Gasteiger charge is 2.60. The van der Waals surface area contributed by atoms with Gasteiger partial charge in [0.25, 0.3) is 0 Å². The number of rotatable bonds is 5. The molecule has 0 aromatic heterocycles. The lowest BCUT2D eigenvalue weighted by molar-refractivity contribution is -0.126. The minimum atomic E-state index is -0.357. The van der Waals surface area contributed by atoms with Crippen molar-refractivity contribution < 1.29 is 10.2 Å². The van der Waals surface area contributed by atoms with Crippen LogP contribution in [-0.2, 0) is 0 Å². The monoisotopic (exact) mass is 428 g/mol. The summed E-state index contributed by atoms with van der Waals surface area (Å²) in [5.41, 5.74) is 5.34. The second-order valence-corrected chi connectivity index (χ2v) is 12.8. The number of allylic oxidation sites excluding steroid dienone is 4. The summed E-state index contributed by atoms with van der Waals surface area (Å²) in [6, 6.07) is 0. The Hall–Kier alpha value is -0.600. The van der Waals surface area contributed by atoms with Crippen LogP contribution < -0.4 is 0 Å². The number of hydrogen-bond donors (Lipinski definition) is 2. The van der Waals surface area contributed by atoms with Crippen LogP contribution >= 0.6 is 0 Å². The normalized spacial score (nSPS) is 45.5. The predicted octanol–water partition coefficient (Wildman–Crippen LogP) is 7.06. The molecule has 0 heterocycles. The van der Waals surface area contributed by atoms with E-state index in [1.807, 2.05) is 5.57 Å². The van der Waals surface area contributed by atoms with Gasteiger partial charge in [0, 0.05) is 5.41 Å². The summed E-state index contributed by atoms with van der Waals surface area (Å²) in [5, 5.41) is 21.1. The zero-order chi connectivity index (χ0) is 22.6. The Balaban J connectivity index is 1.60. The first-order chi connectivity index (χ1) is 14.6. The molecule has 0 aromatic rings. The quantitative estimate of drug-likeness (QED) is 0.460. The summed E-state index contributed by atoms with van der Waals surface area (Å²) < 4.78 is 0. The zero-order valence-electron chi connectivity index (χ0n) is 21.1. The van der Waals surface area contributed by atoms with Crippen LogP contribution in [0.15, 0.2) is 22.8 Å². The Labute approximate surface area is 191 Å². The second kappa shape index (κ2) is 8.32. The Bertz CT molecular complexity index is 746. The van der Waals surface area contributed by atoms with E-state index in [4.69, 9.17) is 0 Å². The largest absolute Gasteiger partial charge is 0.396 e. The number of fused-ring (bicyclic) bond motifs is 4. The van der Waals surface area contributed by atoms with Crippen LogP contribution in [-0.4, -0.2) is 22.9 Å². The van der Waals surface area contributed by atoms with Gasteiger partial charge in [0.1, 0.15) is 0 Å². The number of aliphatic hydroxyl groups is 2. The predicted molar refractivity (Wildman–Crippen MR) is 130 cm³/mol. The molecule has 2 heteroatoms. The maximum Gasteiger partial charge on any atom is 0.0619 e. The SMILES string of the molecule is CC(C)=CCC[C@@H](C)[C@H]1CC[C@H]2C3=C(CC[C@]12C)[C@@]1(C)CC[C@H](O)[C@](C)(CO)[C@@H]1CC3. The summed E-state index contributed by atoms with van der Waals surface area (Å²) in [6.45, 7) is 14.3. The fourth-order valence-electron chi connectivity index (χ4n) is 9.13. The van der Waals surface area contributed by atoms with Gasteiger partial charge in [0.05, 0.1) is 12.7 Å². The van der Waals surface area contributed by atoms with Gasteiger partial charge in [0.2, 0.25) is 0 Å². The lowest BCUT2D eigenvalue weighted by atomic mass is 9.45. The standard InChI is InChI=1S/C29H48O2/c1-19(2)8-7-9-20(3)22-11-12-23-21-10-13-25-28(5,24(21)14-16-27(22,23)4)17-15-26(31)29(25,6)18-30/h8,20,22-23,25-26,30-31H,7,9-18H2,1-6H3/t20-,22-,23+,25-,26+,27-,28-,29-/m1/s1. The zero-order valence-corrected chi connectivity index (χ0v) is 21.1. The van der Waals surface area contributed by atoms with Crippen LogP contribution in [0.4, 0.5) is 0 Å². The molecular weight excluding hydrogens is 380 g/mol. The van der Waals surface area contributed by atoms with Crippen LogP contribution in [0.5, 0.6) is 0 Å². The molecule has 0 spiro atoms. The van der Waals surface area contributed by atoms with E-state index < -0.39 is 0 Å². The summed E-state index contributed by atoms with van der Waals surface area (Å²) >= 11 is 0. The second-order valence-electron chi connectivity index (χ2n) is 12.8.